The Bertz CT molecular complexity index is 430. The van der Waals surface area contributed by atoms with Crippen LogP contribution < -0.4 is 10.6 Å². The molecule has 1 aromatic heterocycles. The van der Waals surface area contributed by atoms with E-state index < -0.39 is 18.0 Å². The zero-order valence-electron chi connectivity index (χ0n) is 10.4. The van der Waals surface area contributed by atoms with Crippen LogP contribution in [-0.4, -0.2) is 43.4 Å². The van der Waals surface area contributed by atoms with Crippen LogP contribution in [0.3, 0.4) is 0 Å². The number of carbonyl (C=O) groups excluding carboxylic acids is 1. The molecular formula is C9H16N6O3. The number of hydrogen-bond acceptors (Lipinski definition) is 5. The number of hydrogen-bond donors (Lipinski definition) is 3. The maximum Gasteiger partial charge on any atom is 0.326 e. The predicted octanol–water partition coefficient (Wildman–Crippen LogP) is -0.169. The first-order valence-corrected chi connectivity index (χ1v) is 5.42. The molecule has 0 aliphatic carbocycles. The van der Waals surface area contributed by atoms with Crippen LogP contribution in [0.2, 0.25) is 0 Å². The van der Waals surface area contributed by atoms with E-state index in [1.807, 2.05) is 13.8 Å². The van der Waals surface area contributed by atoms with Crippen LogP contribution in [0.5, 0.6) is 0 Å². The fraction of sp³-hybridized carbons (Fsp3) is 0.667. The molecular weight excluding hydrogens is 240 g/mol. The van der Waals surface area contributed by atoms with Crippen molar-refractivity contribution in [3.05, 3.63) is 0 Å². The van der Waals surface area contributed by atoms with Crippen molar-refractivity contribution in [3.63, 3.8) is 0 Å². The molecule has 1 aromatic rings. The quantitative estimate of drug-likeness (QED) is 0.672. The lowest BCUT2D eigenvalue weighted by Crippen LogP contribution is -2.43. The predicted molar refractivity (Wildman–Crippen MR) is 61.8 cm³/mol. The summed E-state index contributed by atoms with van der Waals surface area (Å²) < 4.78 is 0. The van der Waals surface area contributed by atoms with Gasteiger partial charge in [0.2, 0.25) is 0 Å². The summed E-state index contributed by atoms with van der Waals surface area (Å²) in [5.41, 5.74) is 0. The minimum atomic E-state index is -1.08. The van der Waals surface area contributed by atoms with Crippen molar-refractivity contribution < 1.29 is 14.7 Å². The van der Waals surface area contributed by atoms with E-state index in [0.29, 0.717) is 6.42 Å². The van der Waals surface area contributed by atoms with Crippen molar-refractivity contribution in [2.24, 2.45) is 13.0 Å². The maximum absolute atomic E-state index is 11.5. The van der Waals surface area contributed by atoms with E-state index in [9.17, 15) is 9.59 Å². The Labute approximate surface area is 104 Å². The Balaban J connectivity index is 2.53. The van der Waals surface area contributed by atoms with Gasteiger partial charge in [0, 0.05) is 0 Å². The van der Waals surface area contributed by atoms with Gasteiger partial charge in [0.15, 0.2) is 0 Å². The zero-order chi connectivity index (χ0) is 13.7. The Kier molecular flexibility index (Phi) is 4.58. The number of carboxylic acids is 1. The van der Waals surface area contributed by atoms with Gasteiger partial charge in [-0.3, -0.25) is 5.32 Å². The van der Waals surface area contributed by atoms with Crippen molar-refractivity contribution >= 4 is 17.9 Å². The Morgan fingerprint density at radius 2 is 2.11 bits per heavy atom. The van der Waals surface area contributed by atoms with Crippen LogP contribution in [0.4, 0.5) is 10.7 Å². The van der Waals surface area contributed by atoms with Gasteiger partial charge in [-0.15, -0.1) is 5.10 Å². The van der Waals surface area contributed by atoms with E-state index in [2.05, 4.69) is 26.0 Å². The van der Waals surface area contributed by atoms with Crippen molar-refractivity contribution in [2.45, 2.75) is 26.3 Å². The van der Waals surface area contributed by atoms with Crippen LogP contribution in [0.1, 0.15) is 20.3 Å². The van der Waals surface area contributed by atoms with Crippen molar-refractivity contribution in [2.75, 3.05) is 5.32 Å². The van der Waals surface area contributed by atoms with Gasteiger partial charge < -0.3 is 10.4 Å². The SMILES string of the molecule is CC(C)C[C@@H](NC(=O)Nc1nnn(C)n1)C(=O)O. The van der Waals surface area contributed by atoms with E-state index in [0.717, 1.165) is 0 Å². The minimum absolute atomic E-state index is 0.0173. The molecule has 100 valence electrons. The number of nitrogens with zero attached hydrogens (tertiary/aromatic N) is 4. The minimum Gasteiger partial charge on any atom is -0.480 e. The number of tetrazole rings is 1. The van der Waals surface area contributed by atoms with E-state index >= 15 is 0 Å². The van der Waals surface area contributed by atoms with Gasteiger partial charge in [0.25, 0.3) is 5.95 Å². The Hall–Kier alpha value is -2.19. The summed E-state index contributed by atoms with van der Waals surface area (Å²) in [4.78, 5) is 23.6. The third kappa shape index (κ3) is 4.36. The largest absolute Gasteiger partial charge is 0.480 e. The molecule has 0 bridgehead atoms. The average molecular weight is 256 g/mol. The highest BCUT2D eigenvalue weighted by Crippen LogP contribution is 2.05. The first-order chi connectivity index (χ1) is 8.38. The second-order valence-electron chi connectivity index (χ2n) is 4.22. The molecule has 0 radical (unpaired) electrons. The fourth-order valence-electron chi connectivity index (χ4n) is 1.32. The van der Waals surface area contributed by atoms with E-state index in [-0.39, 0.29) is 11.9 Å². The molecule has 0 saturated carbocycles. The number of carbonyl (C=O) groups is 2. The first-order valence-electron chi connectivity index (χ1n) is 5.42. The van der Waals surface area contributed by atoms with Gasteiger partial charge in [0.05, 0.1) is 7.05 Å². The molecule has 0 fully saturated rings. The Morgan fingerprint density at radius 1 is 1.44 bits per heavy atom. The van der Waals surface area contributed by atoms with Gasteiger partial charge in [-0.05, 0) is 17.6 Å². The maximum atomic E-state index is 11.5. The second-order valence-corrected chi connectivity index (χ2v) is 4.22. The third-order valence-electron chi connectivity index (χ3n) is 2.04. The molecule has 1 heterocycles. The second kappa shape index (κ2) is 5.94. The fourth-order valence-corrected chi connectivity index (χ4v) is 1.32. The number of rotatable bonds is 5. The molecule has 0 unspecified atom stereocenters. The van der Waals surface area contributed by atoms with E-state index in [4.69, 9.17) is 5.11 Å². The summed E-state index contributed by atoms with van der Waals surface area (Å²) in [6.45, 7) is 3.75. The normalized spacial score (nSPS) is 12.2. The van der Waals surface area contributed by atoms with Crippen molar-refractivity contribution in [1.82, 2.24) is 25.5 Å². The lowest BCUT2D eigenvalue weighted by atomic mass is 10.0. The number of aromatic nitrogens is 4. The van der Waals surface area contributed by atoms with Gasteiger partial charge in [-0.2, -0.15) is 4.80 Å². The van der Waals surface area contributed by atoms with Crippen molar-refractivity contribution in [1.29, 1.82) is 0 Å². The summed E-state index contributed by atoms with van der Waals surface area (Å²) in [6, 6.07) is -1.61. The monoisotopic (exact) mass is 256 g/mol. The van der Waals surface area contributed by atoms with Crippen LogP contribution in [-0.2, 0) is 11.8 Å². The molecule has 0 aliphatic heterocycles. The molecule has 18 heavy (non-hydrogen) atoms. The Morgan fingerprint density at radius 3 is 2.56 bits per heavy atom. The van der Waals surface area contributed by atoms with E-state index in [1.165, 1.54) is 4.80 Å². The lowest BCUT2D eigenvalue weighted by Gasteiger charge is -2.15. The van der Waals surface area contributed by atoms with Gasteiger partial charge in [-0.1, -0.05) is 18.9 Å². The number of carboxylic acid groups (broad SMARTS) is 1. The highest BCUT2D eigenvalue weighted by molar-refractivity contribution is 5.90. The summed E-state index contributed by atoms with van der Waals surface area (Å²) in [7, 11) is 1.55. The molecule has 2 amide bonds. The third-order valence-corrected chi connectivity index (χ3v) is 2.04. The first kappa shape index (κ1) is 13.9. The molecule has 9 nitrogen and oxygen atoms in total. The van der Waals surface area contributed by atoms with Crippen LogP contribution in [0.25, 0.3) is 0 Å². The number of aryl methyl sites for hydroxylation is 1. The van der Waals surface area contributed by atoms with Gasteiger partial charge in [-0.25, -0.2) is 9.59 Å². The summed E-state index contributed by atoms with van der Waals surface area (Å²) in [6.07, 6.45) is 0.344. The topological polar surface area (TPSA) is 122 Å². The molecule has 9 heteroatoms. The van der Waals surface area contributed by atoms with Gasteiger partial charge in [0.1, 0.15) is 6.04 Å². The lowest BCUT2D eigenvalue weighted by molar-refractivity contribution is -0.139. The molecule has 0 saturated heterocycles. The number of nitrogens with one attached hydrogen (secondary N) is 2. The summed E-state index contributed by atoms with van der Waals surface area (Å²) >= 11 is 0. The smallest absolute Gasteiger partial charge is 0.326 e. The average Bonchev–Trinajstić information content (AvgIpc) is 2.62. The summed E-state index contributed by atoms with van der Waals surface area (Å²) in [5.74, 6) is -0.907. The number of anilines is 1. The molecule has 1 atom stereocenters. The molecule has 0 aromatic carbocycles. The molecule has 3 N–H and O–H groups in total. The van der Waals surface area contributed by atoms with Crippen LogP contribution in [0.15, 0.2) is 0 Å². The van der Waals surface area contributed by atoms with Crippen molar-refractivity contribution in [3.8, 4) is 0 Å². The standard InChI is InChI=1S/C9H16N6O3/c1-5(2)4-6(7(16)17)10-9(18)11-8-12-14-15(3)13-8/h5-6H,4H2,1-3H3,(H,16,17)(H2,10,11,13,18)/t6-/m1/s1. The van der Waals surface area contributed by atoms with Crippen LogP contribution in [0, 0.1) is 5.92 Å². The number of urea groups is 1. The highest BCUT2D eigenvalue weighted by atomic mass is 16.4. The van der Waals surface area contributed by atoms with E-state index in [1.54, 1.807) is 7.05 Å². The van der Waals surface area contributed by atoms with Gasteiger partial charge >= 0.3 is 12.0 Å². The number of amides is 2. The molecule has 0 aliphatic rings. The molecule has 0 spiro atoms. The highest BCUT2D eigenvalue weighted by Gasteiger charge is 2.21. The number of aliphatic carboxylic acids is 1. The molecule has 1 rings (SSSR count). The summed E-state index contributed by atoms with van der Waals surface area (Å²) in [5, 5.41) is 24.4. The van der Waals surface area contributed by atoms with Crippen LogP contribution >= 0.6 is 0 Å². The zero-order valence-corrected chi connectivity index (χ0v) is 10.4.